The minimum absolute atomic E-state index is 0.0647. The van der Waals surface area contributed by atoms with Crippen molar-refractivity contribution < 1.29 is 4.74 Å². The highest BCUT2D eigenvalue weighted by Crippen LogP contribution is 2.53. The van der Waals surface area contributed by atoms with Gasteiger partial charge in [-0.2, -0.15) is 5.21 Å². The molecule has 2 aliphatic rings. The third-order valence-electron chi connectivity index (χ3n) is 6.83. The molecule has 2 aromatic carbocycles. The largest absolute Gasteiger partial charge is 0.497 e. The number of likely N-dealkylation sites (N-methyl/N-ethyl adjacent to an activating group) is 1. The zero-order chi connectivity index (χ0) is 19.3. The first kappa shape index (κ1) is 17.4. The van der Waals surface area contributed by atoms with Crippen LogP contribution in [0.25, 0.3) is 11.4 Å². The van der Waals surface area contributed by atoms with Crippen molar-refractivity contribution >= 4 is 0 Å². The second kappa shape index (κ2) is 6.41. The average molecular weight is 375 g/mol. The number of nitrogens with one attached hydrogen (secondary N) is 1. The summed E-state index contributed by atoms with van der Waals surface area (Å²) >= 11 is 0. The lowest BCUT2D eigenvalue weighted by molar-refractivity contribution is 0.0830. The third-order valence-corrected chi connectivity index (χ3v) is 6.83. The zero-order valence-electron chi connectivity index (χ0n) is 16.5. The number of ether oxygens (including phenoxy) is 1. The van der Waals surface area contributed by atoms with Crippen LogP contribution < -0.4 is 4.74 Å². The van der Waals surface area contributed by atoms with Gasteiger partial charge in [0.1, 0.15) is 5.75 Å². The molecule has 6 nitrogen and oxygen atoms in total. The summed E-state index contributed by atoms with van der Waals surface area (Å²) < 4.78 is 5.56. The fourth-order valence-electron chi connectivity index (χ4n) is 5.35. The number of rotatable bonds is 3. The van der Waals surface area contributed by atoms with E-state index >= 15 is 0 Å². The fourth-order valence-corrected chi connectivity index (χ4v) is 5.35. The lowest BCUT2D eigenvalue weighted by Gasteiger charge is -2.55. The number of methoxy groups -OCH3 is 1. The Morgan fingerprint density at radius 2 is 2.11 bits per heavy atom. The van der Waals surface area contributed by atoms with Gasteiger partial charge in [-0.1, -0.05) is 31.2 Å². The second-order valence-corrected chi connectivity index (χ2v) is 8.28. The highest BCUT2D eigenvalue weighted by molar-refractivity contribution is 5.57. The maximum Gasteiger partial charge on any atom is 0.204 e. The highest BCUT2D eigenvalue weighted by atomic mass is 16.5. The lowest BCUT2D eigenvalue weighted by atomic mass is 9.56. The normalized spacial score (nSPS) is 26.7. The van der Waals surface area contributed by atoms with Gasteiger partial charge >= 0.3 is 0 Å². The Hall–Kier alpha value is -2.73. The van der Waals surface area contributed by atoms with E-state index in [4.69, 9.17) is 4.74 Å². The van der Waals surface area contributed by atoms with Crippen LogP contribution in [0.5, 0.6) is 5.75 Å². The summed E-state index contributed by atoms with van der Waals surface area (Å²) in [6.07, 6.45) is 2.18. The molecule has 0 spiro atoms. The predicted octanol–water partition coefficient (Wildman–Crippen LogP) is 3.18. The molecule has 1 aliphatic carbocycles. The topological polar surface area (TPSA) is 66.9 Å². The number of piperidine rings is 1. The number of nitrogens with zero attached hydrogens (tertiary/aromatic N) is 4. The van der Waals surface area contributed by atoms with Gasteiger partial charge < -0.3 is 9.64 Å². The molecule has 1 aliphatic heterocycles. The number of H-pyrrole nitrogens is 1. The highest BCUT2D eigenvalue weighted by Gasteiger charge is 2.50. The molecule has 3 aromatic rings. The maximum atomic E-state index is 5.56. The van der Waals surface area contributed by atoms with Crippen LogP contribution in [0.3, 0.4) is 0 Å². The van der Waals surface area contributed by atoms with E-state index < -0.39 is 0 Å². The average Bonchev–Trinajstić information content (AvgIpc) is 3.26. The van der Waals surface area contributed by atoms with Crippen LogP contribution in [0, 0.1) is 0 Å². The molecule has 5 rings (SSSR count). The Balaban J connectivity index is 1.65. The van der Waals surface area contributed by atoms with Crippen molar-refractivity contribution in [1.82, 2.24) is 25.5 Å². The molecule has 6 heteroatoms. The lowest BCUT2D eigenvalue weighted by Crippen LogP contribution is -2.56. The first-order chi connectivity index (χ1) is 13.6. The van der Waals surface area contributed by atoms with Crippen molar-refractivity contribution in [3.05, 3.63) is 59.2 Å². The molecule has 0 radical (unpaired) electrons. The summed E-state index contributed by atoms with van der Waals surface area (Å²) in [6, 6.07) is 15.7. The quantitative estimate of drug-likeness (QED) is 0.762. The van der Waals surface area contributed by atoms with Crippen LogP contribution in [0.1, 0.15) is 36.0 Å². The number of benzene rings is 2. The van der Waals surface area contributed by atoms with Crippen molar-refractivity contribution in [3.8, 4) is 17.1 Å². The molecule has 1 unspecified atom stereocenters. The standard InChI is InChI=1S/C22H25N5O/c1-22-9-10-27(2)19(12-14-7-8-17(28-3)13-18(14)22)20(22)15-5-4-6-16(11-15)21-23-25-26-24-21/h4-8,11,13,19-20H,9-10,12H2,1-3H3,(H,23,24,25,26)/t19?,20-,22+/m0/s1. The Labute approximate surface area is 164 Å². The van der Waals surface area contributed by atoms with E-state index in [2.05, 4.69) is 82.0 Å². The van der Waals surface area contributed by atoms with Crippen molar-refractivity contribution in [2.45, 2.75) is 37.1 Å². The molecule has 1 aromatic heterocycles. The number of tetrazole rings is 1. The summed E-state index contributed by atoms with van der Waals surface area (Å²) in [5, 5.41) is 14.6. The number of likely N-dealkylation sites (tertiary alicyclic amines) is 1. The smallest absolute Gasteiger partial charge is 0.204 e. The van der Waals surface area contributed by atoms with E-state index in [0.29, 0.717) is 17.8 Å². The first-order valence-electron chi connectivity index (χ1n) is 9.81. The van der Waals surface area contributed by atoms with E-state index in [0.717, 1.165) is 30.7 Å². The summed E-state index contributed by atoms with van der Waals surface area (Å²) in [5.74, 6) is 1.98. The molecular weight excluding hydrogens is 350 g/mol. The number of aromatic amines is 1. The summed E-state index contributed by atoms with van der Waals surface area (Å²) in [7, 11) is 4.00. The van der Waals surface area contributed by atoms with Gasteiger partial charge in [0.05, 0.1) is 7.11 Å². The van der Waals surface area contributed by atoms with E-state index in [1.807, 2.05) is 0 Å². The van der Waals surface area contributed by atoms with Gasteiger partial charge in [-0.15, -0.1) is 10.2 Å². The Morgan fingerprint density at radius 1 is 1.21 bits per heavy atom. The van der Waals surface area contributed by atoms with Gasteiger partial charge in [-0.05, 0) is 66.5 Å². The van der Waals surface area contributed by atoms with Crippen molar-refractivity contribution in [2.75, 3.05) is 20.7 Å². The minimum atomic E-state index is 0.0647. The summed E-state index contributed by atoms with van der Waals surface area (Å²) in [4.78, 5) is 2.53. The van der Waals surface area contributed by atoms with Gasteiger partial charge in [-0.25, -0.2) is 0 Å². The third kappa shape index (κ3) is 2.55. The van der Waals surface area contributed by atoms with E-state index in [1.54, 1.807) is 7.11 Å². The van der Waals surface area contributed by atoms with Crippen LogP contribution >= 0.6 is 0 Å². The molecule has 2 heterocycles. The molecule has 3 atom stereocenters. The predicted molar refractivity (Wildman–Crippen MR) is 107 cm³/mol. The molecule has 2 bridgehead atoms. The van der Waals surface area contributed by atoms with Gasteiger partial charge in [0, 0.05) is 22.9 Å². The molecule has 144 valence electrons. The maximum absolute atomic E-state index is 5.56. The number of fused-ring (bicyclic) bond motifs is 4. The van der Waals surface area contributed by atoms with E-state index in [9.17, 15) is 0 Å². The Bertz CT molecular complexity index is 1000. The first-order valence-corrected chi connectivity index (χ1v) is 9.81. The Kier molecular flexibility index (Phi) is 3.98. The molecule has 1 fully saturated rings. The number of hydrogen-bond acceptors (Lipinski definition) is 5. The van der Waals surface area contributed by atoms with E-state index in [-0.39, 0.29) is 5.41 Å². The molecular formula is C22H25N5O. The van der Waals surface area contributed by atoms with Gasteiger partial charge in [0.25, 0.3) is 0 Å². The van der Waals surface area contributed by atoms with Crippen LogP contribution in [-0.4, -0.2) is 52.3 Å². The number of aromatic nitrogens is 4. The van der Waals surface area contributed by atoms with Crippen molar-refractivity contribution in [2.24, 2.45) is 0 Å². The van der Waals surface area contributed by atoms with Crippen LogP contribution in [0.4, 0.5) is 0 Å². The zero-order valence-corrected chi connectivity index (χ0v) is 16.5. The molecule has 1 N–H and O–H groups in total. The fraction of sp³-hybridized carbons (Fsp3) is 0.409. The molecule has 28 heavy (non-hydrogen) atoms. The SMILES string of the molecule is COc1ccc2c(c1)[C@@]1(C)CCN(C)C(C2)[C@@H]1c1cccc(-c2nn[nH]n2)c1. The van der Waals surface area contributed by atoms with Gasteiger partial charge in [0.2, 0.25) is 5.82 Å². The number of hydrogen-bond donors (Lipinski definition) is 1. The van der Waals surface area contributed by atoms with Gasteiger partial charge in [-0.3, -0.25) is 0 Å². The van der Waals surface area contributed by atoms with Crippen molar-refractivity contribution in [3.63, 3.8) is 0 Å². The van der Waals surface area contributed by atoms with Crippen LogP contribution in [0.2, 0.25) is 0 Å². The van der Waals surface area contributed by atoms with Crippen molar-refractivity contribution in [1.29, 1.82) is 0 Å². The van der Waals surface area contributed by atoms with Gasteiger partial charge in [0.15, 0.2) is 0 Å². The molecule has 1 saturated heterocycles. The minimum Gasteiger partial charge on any atom is -0.497 e. The molecule has 0 saturated carbocycles. The summed E-state index contributed by atoms with van der Waals surface area (Å²) in [6.45, 7) is 3.54. The van der Waals surface area contributed by atoms with Crippen LogP contribution in [0.15, 0.2) is 42.5 Å². The molecule has 0 amide bonds. The monoisotopic (exact) mass is 375 g/mol. The second-order valence-electron chi connectivity index (χ2n) is 8.28. The van der Waals surface area contributed by atoms with E-state index in [1.165, 1.54) is 16.7 Å². The van der Waals surface area contributed by atoms with Crippen LogP contribution in [-0.2, 0) is 11.8 Å². The Morgan fingerprint density at radius 3 is 2.89 bits per heavy atom. The summed E-state index contributed by atoms with van der Waals surface area (Å²) in [5.41, 5.74) is 5.30.